The molecule has 1 aliphatic heterocycles. The first-order chi connectivity index (χ1) is 17.1. The number of aryl methyl sites for hydroxylation is 2. The van der Waals surface area contributed by atoms with Gasteiger partial charge in [-0.1, -0.05) is 29.5 Å². The monoisotopic (exact) mass is 488 g/mol. The quantitative estimate of drug-likeness (QED) is 0.381. The lowest BCUT2D eigenvalue weighted by Crippen LogP contribution is -2.35. The van der Waals surface area contributed by atoms with Crippen LogP contribution in [0.25, 0.3) is 10.9 Å². The second-order valence-electron chi connectivity index (χ2n) is 8.95. The zero-order chi connectivity index (χ0) is 24.2. The van der Waals surface area contributed by atoms with Crippen LogP contribution in [0.15, 0.2) is 59.4 Å². The Morgan fingerprint density at radius 3 is 2.83 bits per heavy atom. The number of carbonyl (C=O) groups is 1. The van der Waals surface area contributed by atoms with Gasteiger partial charge in [0.15, 0.2) is 0 Å². The van der Waals surface area contributed by atoms with E-state index in [2.05, 4.69) is 27.3 Å². The number of nitrogens with one attached hydrogen (secondary N) is 1. The van der Waals surface area contributed by atoms with Crippen molar-refractivity contribution < 1.29 is 9.53 Å². The molecule has 1 saturated heterocycles. The van der Waals surface area contributed by atoms with Gasteiger partial charge in [-0.15, -0.1) is 0 Å². The van der Waals surface area contributed by atoms with Gasteiger partial charge < -0.3 is 9.64 Å². The summed E-state index contributed by atoms with van der Waals surface area (Å²) in [5.74, 6) is 0.801. The summed E-state index contributed by atoms with van der Waals surface area (Å²) in [5, 5.41) is 8.41. The molecule has 3 heterocycles. The molecule has 180 valence electrons. The Bertz CT molecular complexity index is 1380. The van der Waals surface area contributed by atoms with E-state index in [-0.39, 0.29) is 16.8 Å². The van der Waals surface area contributed by atoms with Crippen molar-refractivity contribution in [2.75, 3.05) is 6.54 Å². The summed E-state index contributed by atoms with van der Waals surface area (Å²) in [6.45, 7) is 3.21. The number of ether oxygens (including phenoxy) is 1. The average molecular weight is 489 g/mol. The molecule has 2 aromatic carbocycles. The molecule has 7 nitrogen and oxygen atoms in total. The van der Waals surface area contributed by atoms with E-state index in [0.29, 0.717) is 12.2 Å². The number of hydrogen-bond donors (Lipinski definition) is 1. The topological polar surface area (TPSA) is 88.2 Å². The summed E-state index contributed by atoms with van der Waals surface area (Å²) in [4.78, 5) is 30.9. The van der Waals surface area contributed by atoms with E-state index in [1.54, 1.807) is 0 Å². The third-order valence-electron chi connectivity index (χ3n) is 6.47. The van der Waals surface area contributed by atoms with Crippen molar-refractivity contribution >= 4 is 28.1 Å². The van der Waals surface area contributed by atoms with Crippen LogP contribution < -0.4 is 9.61 Å². The highest BCUT2D eigenvalue weighted by Gasteiger charge is 2.29. The van der Waals surface area contributed by atoms with Crippen molar-refractivity contribution in [2.24, 2.45) is 0 Å². The minimum Gasteiger partial charge on any atom is -0.489 e. The summed E-state index contributed by atoms with van der Waals surface area (Å²) in [6, 6.07) is 17.8. The van der Waals surface area contributed by atoms with Gasteiger partial charge in [0.2, 0.25) is 0 Å². The van der Waals surface area contributed by atoms with Gasteiger partial charge in [0.05, 0.1) is 5.52 Å². The van der Waals surface area contributed by atoms with Crippen molar-refractivity contribution in [2.45, 2.75) is 51.7 Å². The van der Waals surface area contributed by atoms with Crippen LogP contribution >= 0.6 is 11.3 Å². The van der Waals surface area contributed by atoms with Crippen LogP contribution in [-0.2, 0) is 13.0 Å². The molecule has 8 heteroatoms. The maximum absolute atomic E-state index is 13.2. The molecule has 0 radical (unpaired) electrons. The number of pyridine rings is 1. The predicted molar refractivity (Wildman–Crippen MR) is 137 cm³/mol. The van der Waals surface area contributed by atoms with Crippen LogP contribution in [0.2, 0.25) is 0 Å². The van der Waals surface area contributed by atoms with Crippen LogP contribution in [0.5, 0.6) is 5.75 Å². The molecule has 35 heavy (non-hydrogen) atoms. The Kier molecular flexibility index (Phi) is 6.90. The summed E-state index contributed by atoms with van der Waals surface area (Å²) in [5.41, 5.74) is 3.70. The molecule has 0 saturated carbocycles. The Hall–Kier alpha value is -3.52. The van der Waals surface area contributed by atoms with Crippen LogP contribution in [0.3, 0.4) is 0 Å². The number of nitrogens with zero attached hydrogens (tertiary/aromatic N) is 3. The molecule has 1 unspecified atom stereocenters. The van der Waals surface area contributed by atoms with Crippen LogP contribution in [-0.4, -0.2) is 38.6 Å². The third kappa shape index (κ3) is 5.43. The molecular weight excluding hydrogens is 460 g/mol. The first kappa shape index (κ1) is 23.2. The standard InChI is InChI=1S/C27H28N4O3S/c1-18-16-20(23-8-2-3-9-24(23)28-18)17-34-22-13-11-19(12-14-22)26(32)31-15-5-7-21(31)6-4-10-25-29-30-27(33)35-25/h2-3,8-9,11-14,16,21H,4-7,10,15,17H2,1H3,(H,30,33). The fourth-order valence-electron chi connectivity index (χ4n) is 4.79. The minimum absolute atomic E-state index is 0.0687. The first-order valence-corrected chi connectivity index (χ1v) is 12.8. The molecule has 5 rings (SSSR count). The number of aromatic nitrogens is 3. The van der Waals surface area contributed by atoms with Crippen molar-refractivity contribution in [3.05, 3.63) is 86.1 Å². The van der Waals surface area contributed by atoms with E-state index < -0.39 is 0 Å². The van der Waals surface area contributed by atoms with E-state index in [1.165, 1.54) is 0 Å². The Balaban J connectivity index is 1.19. The first-order valence-electron chi connectivity index (χ1n) is 12.0. The zero-order valence-corrected chi connectivity index (χ0v) is 20.5. The van der Waals surface area contributed by atoms with Gasteiger partial charge in [-0.25, -0.2) is 5.10 Å². The fraction of sp³-hybridized carbons (Fsp3) is 0.333. The summed E-state index contributed by atoms with van der Waals surface area (Å²) < 4.78 is 6.05. The van der Waals surface area contributed by atoms with Gasteiger partial charge in [0, 0.05) is 41.2 Å². The van der Waals surface area contributed by atoms with Gasteiger partial charge in [0.25, 0.3) is 5.91 Å². The number of likely N-dealkylation sites (tertiary alicyclic amines) is 1. The van der Waals surface area contributed by atoms with E-state index in [1.807, 2.05) is 54.3 Å². The van der Waals surface area contributed by atoms with Crippen LogP contribution in [0, 0.1) is 6.92 Å². The van der Waals surface area contributed by atoms with E-state index in [0.717, 1.165) is 82.9 Å². The largest absolute Gasteiger partial charge is 0.489 e. The molecule has 1 N–H and O–H groups in total. The normalized spacial score (nSPS) is 15.6. The van der Waals surface area contributed by atoms with Crippen molar-refractivity contribution in [3.8, 4) is 5.75 Å². The SMILES string of the molecule is Cc1cc(COc2ccc(C(=O)N3CCCC3CCCc3n[nH]c(=O)s3)cc2)c2ccccc2n1. The number of fused-ring (bicyclic) bond motifs is 1. The highest BCUT2D eigenvalue weighted by Crippen LogP contribution is 2.26. The van der Waals surface area contributed by atoms with E-state index in [4.69, 9.17) is 4.74 Å². The number of amides is 1. The summed E-state index contributed by atoms with van der Waals surface area (Å²) in [6.07, 6.45) is 4.63. The molecule has 1 atom stereocenters. The van der Waals surface area contributed by atoms with E-state index in [9.17, 15) is 9.59 Å². The number of para-hydroxylation sites is 1. The molecule has 1 amide bonds. The van der Waals surface area contributed by atoms with Crippen molar-refractivity contribution in [1.29, 1.82) is 0 Å². The Morgan fingerprint density at radius 1 is 1.20 bits per heavy atom. The van der Waals surface area contributed by atoms with E-state index >= 15 is 0 Å². The number of H-pyrrole nitrogens is 1. The summed E-state index contributed by atoms with van der Waals surface area (Å²) >= 11 is 1.16. The zero-order valence-electron chi connectivity index (χ0n) is 19.7. The molecule has 1 fully saturated rings. The Morgan fingerprint density at radius 2 is 2.03 bits per heavy atom. The molecule has 1 aliphatic rings. The average Bonchev–Trinajstić information content (AvgIpc) is 3.51. The highest BCUT2D eigenvalue weighted by atomic mass is 32.1. The molecular formula is C27H28N4O3S. The smallest absolute Gasteiger partial charge is 0.322 e. The van der Waals surface area contributed by atoms with Gasteiger partial charge in [-0.3, -0.25) is 14.6 Å². The van der Waals surface area contributed by atoms with Crippen molar-refractivity contribution in [1.82, 2.24) is 20.1 Å². The third-order valence-corrected chi connectivity index (χ3v) is 7.28. The maximum atomic E-state index is 13.2. The van der Waals surface area contributed by atoms with Crippen LogP contribution in [0.1, 0.15) is 52.3 Å². The number of hydrogen-bond acceptors (Lipinski definition) is 6. The Labute approximate surface area is 207 Å². The predicted octanol–water partition coefficient (Wildman–Crippen LogP) is 4.89. The highest BCUT2D eigenvalue weighted by molar-refractivity contribution is 7.08. The van der Waals surface area contributed by atoms with Crippen molar-refractivity contribution in [3.63, 3.8) is 0 Å². The lowest BCUT2D eigenvalue weighted by atomic mass is 10.1. The molecule has 2 aromatic heterocycles. The fourth-order valence-corrected chi connectivity index (χ4v) is 5.44. The molecule has 0 aliphatic carbocycles. The van der Waals surface area contributed by atoms with Gasteiger partial charge in [0.1, 0.15) is 17.4 Å². The van der Waals surface area contributed by atoms with Gasteiger partial charge >= 0.3 is 4.87 Å². The van der Waals surface area contributed by atoms with Crippen LogP contribution in [0.4, 0.5) is 0 Å². The molecule has 0 bridgehead atoms. The number of aromatic amines is 1. The lowest BCUT2D eigenvalue weighted by Gasteiger charge is -2.25. The summed E-state index contributed by atoms with van der Waals surface area (Å²) in [7, 11) is 0. The molecule has 4 aromatic rings. The number of carbonyl (C=O) groups excluding carboxylic acids is 1. The maximum Gasteiger partial charge on any atom is 0.322 e. The van der Waals surface area contributed by atoms with Gasteiger partial charge in [-0.05, 0) is 69.0 Å². The second-order valence-corrected chi connectivity index (χ2v) is 9.99. The number of rotatable bonds is 8. The van der Waals surface area contributed by atoms with Gasteiger partial charge in [-0.2, -0.15) is 5.10 Å². The second kappa shape index (κ2) is 10.4. The number of benzene rings is 2. The lowest BCUT2D eigenvalue weighted by molar-refractivity contribution is 0.0729. The minimum atomic E-state index is -0.116. The molecule has 0 spiro atoms.